The summed E-state index contributed by atoms with van der Waals surface area (Å²) in [5.41, 5.74) is 1.85. The van der Waals surface area contributed by atoms with E-state index in [1.165, 1.54) is 6.92 Å². The topological polar surface area (TPSA) is 71.2 Å². The summed E-state index contributed by atoms with van der Waals surface area (Å²) in [5.74, 6) is -1.04. The van der Waals surface area contributed by atoms with Gasteiger partial charge in [0.25, 0.3) is 5.91 Å². The minimum Gasteiger partial charge on any atom is -0.448 e. The van der Waals surface area contributed by atoms with Gasteiger partial charge in [-0.1, -0.05) is 60.1 Å². The van der Waals surface area contributed by atoms with Crippen molar-refractivity contribution in [2.75, 3.05) is 0 Å². The van der Waals surface area contributed by atoms with Crippen LogP contribution in [0.15, 0.2) is 54.6 Å². The van der Waals surface area contributed by atoms with E-state index < -0.39 is 12.1 Å². The van der Waals surface area contributed by atoms with Crippen LogP contribution in [-0.2, 0) is 9.53 Å². The Bertz CT molecular complexity index is 937. The molecule has 134 valence electrons. The highest BCUT2D eigenvalue weighted by Crippen LogP contribution is 2.27. The van der Waals surface area contributed by atoms with Crippen LogP contribution in [0.25, 0.3) is 10.9 Å². The van der Waals surface area contributed by atoms with Crippen LogP contribution >= 0.6 is 11.6 Å². The lowest BCUT2D eigenvalue weighted by molar-refractivity contribution is -0.129. The number of para-hydroxylation sites is 1. The fourth-order valence-corrected chi connectivity index (χ4v) is 2.97. The lowest BCUT2D eigenvalue weighted by Crippen LogP contribution is -2.37. The maximum atomic E-state index is 12.4. The van der Waals surface area contributed by atoms with E-state index in [2.05, 4.69) is 10.3 Å². The second-order valence-electron chi connectivity index (χ2n) is 6.05. The van der Waals surface area contributed by atoms with Crippen molar-refractivity contribution >= 4 is 34.4 Å². The average Bonchev–Trinajstić information content (AvgIpc) is 2.99. The molecule has 26 heavy (non-hydrogen) atoms. The summed E-state index contributed by atoms with van der Waals surface area (Å²) in [4.78, 5) is 27.6. The van der Waals surface area contributed by atoms with Crippen LogP contribution in [0.5, 0.6) is 0 Å². The Kier molecular flexibility index (Phi) is 5.28. The summed E-state index contributed by atoms with van der Waals surface area (Å²) in [5, 5.41) is 3.85. The molecule has 2 aromatic carbocycles. The number of esters is 1. The molecule has 2 atom stereocenters. The van der Waals surface area contributed by atoms with Gasteiger partial charge in [0, 0.05) is 10.9 Å². The fraction of sp³-hybridized carbons (Fsp3) is 0.200. The standard InChI is InChI=1S/C20H19ClN2O3/c1-12(14-8-4-3-5-9-14)22-19(24)13(2)26-20(25)18-17(21)15-10-6-7-11-16(15)23-18/h3-13,23H,1-2H3,(H,22,24). The Morgan fingerprint density at radius 1 is 1.04 bits per heavy atom. The Hall–Kier alpha value is -2.79. The zero-order valence-corrected chi connectivity index (χ0v) is 15.2. The molecule has 1 amide bonds. The van der Waals surface area contributed by atoms with Gasteiger partial charge in [0.1, 0.15) is 5.69 Å². The van der Waals surface area contributed by atoms with E-state index in [1.807, 2.05) is 61.5 Å². The number of ether oxygens (including phenoxy) is 1. The predicted octanol–water partition coefficient (Wildman–Crippen LogP) is 4.24. The SMILES string of the molecule is CC(OC(=O)c1[nH]c2ccccc2c1Cl)C(=O)NC(C)c1ccccc1. The lowest BCUT2D eigenvalue weighted by Gasteiger charge is -2.18. The van der Waals surface area contributed by atoms with Crippen molar-refractivity contribution in [2.45, 2.75) is 26.0 Å². The number of rotatable bonds is 5. The summed E-state index contributed by atoms with van der Waals surface area (Å²) in [6.07, 6.45) is -0.948. The van der Waals surface area contributed by atoms with Crippen LogP contribution < -0.4 is 5.32 Å². The van der Waals surface area contributed by atoms with Crippen molar-refractivity contribution in [2.24, 2.45) is 0 Å². The molecule has 0 bridgehead atoms. The molecule has 0 aliphatic heterocycles. The van der Waals surface area contributed by atoms with E-state index in [1.54, 1.807) is 0 Å². The van der Waals surface area contributed by atoms with Gasteiger partial charge in [0.2, 0.25) is 0 Å². The van der Waals surface area contributed by atoms with Gasteiger partial charge in [-0.2, -0.15) is 0 Å². The molecule has 5 nitrogen and oxygen atoms in total. The van der Waals surface area contributed by atoms with Crippen molar-refractivity contribution < 1.29 is 14.3 Å². The highest BCUT2D eigenvalue weighted by atomic mass is 35.5. The maximum absolute atomic E-state index is 12.4. The summed E-state index contributed by atoms with van der Waals surface area (Å²) in [7, 11) is 0. The first-order valence-electron chi connectivity index (χ1n) is 8.30. The van der Waals surface area contributed by atoms with E-state index in [-0.39, 0.29) is 22.7 Å². The van der Waals surface area contributed by atoms with Gasteiger partial charge in [0.05, 0.1) is 11.1 Å². The summed E-state index contributed by atoms with van der Waals surface area (Å²) in [6.45, 7) is 3.40. The first-order valence-corrected chi connectivity index (χ1v) is 8.67. The highest BCUT2D eigenvalue weighted by Gasteiger charge is 2.24. The van der Waals surface area contributed by atoms with Gasteiger partial charge in [0.15, 0.2) is 6.10 Å². The van der Waals surface area contributed by atoms with Crippen LogP contribution in [0.1, 0.15) is 35.9 Å². The van der Waals surface area contributed by atoms with Crippen molar-refractivity contribution in [1.82, 2.24) is 10.3 Å². The zero-order valence-electron chi connectivity index (χ0n) is 14.5. The van der Waals surface area contributed by atoms with Crippen LogP contribution in [-0.4, -0.2) is 23.0 Å². The Morgan fingerprint density at radius 2 is 1.69 bits per heavy atom. The van der Waals surface area contributed by atoms with Crippen molar-refractivity contribution in [3.8, 4) is 0 Å². The number of hydrogen-bond donors (Lipinski definition) is 2. The third-order valence-corrected chi connectivity index (χ3v) is 4.55. The first kappa shape index (κ1) is 18.0. The Labute approximate surface area is 156 Å². The number of fused-ring (bicyclic) bond motifs is 1. The average molecular weight is 371 g/mol. The fourth-order valence-electron chi connectivity index (χ4n) is 2.68. The van der Waals surface area contributed by atoms with Gasteiger partial charge in [-0.3, -0.25) is 4.79 Å². The molecule has 1 aromatic heterocycles. The van der Waals surface area contributed by atoms with Gasteiger partial charge >= 0.3 is 5.97 Å². The molecule has 3 aromatic rings. The molecule has 0 radical (unpaired) electrons. The number of nitrogens with one attached hydrogen (secondary N) is 2. The number of benzene rings is 2. The van der Waals surface area contributed by atoms with Gasteiger partial charge in [-0.15, -0.1) is 0 Å². The number of aromatic nitrogens is 1. The van der Waals surface area contributed by atoms with Crippen molar-refractivity contribution in [3.05, 3.63) is 70.9 Å². The quantitative estimate of drug-likeness (QED) is 0.660. The van der Waals surface area contributed by atoms with Gasteiger partial charge in [-0.05, 0) is 25.5 Å². The third kappa shape index (κ3) is 3.73. The van der Waals surface area contributed by atoms with E-state index in [0.717, 1.165) is 16.5 Å². The summed E-state index contributed by atoms with van der Waals surface area (Å²) in [6, 6.07) is 16.7. The monoisotopic (exact) mass is 370 g/mol. The van der Waals surface area contributed by atoms with E-state index in [0.29, 0.717) is 0 Å². The largest absolute Gasteiger partial charge is 0.448 e. The molecule has 0 aliphatic rings. The second-order valence-corrected chi connectivity index (χ2v) is 6.43. The minimum atomic E-state index is -0.948. The van der Waals surface area contributed by atoms with Crippen molar-refractivity contribution in [3.63, 3.8) is 0 Å². The molecule has 1 heterocycles. The molecule has 3 rings (SSSR count). The predicted molar refractivity (Wildman–Crippen MR) is 101 cm³/mol. The number of carbonyl (C=O) groups excluding carboxylic acids is 2. The molecule has 0 fully saturated rings. The number of aromatic amines is 1. The molecule has 0 aliphatic carbocycles. The molecule has 0 saturated carbocycles. The number of carbonyl (C=O) groups is 2. The van der Waals surface area contributed by atoms with E-state index >= 15 is 0 Å². The summed E-state index contributed by atoms with van der Waals surface area (Å²) >= 11 is 6.25. The van der Waals surface area contributed by atoms with Crippen LogP contribution in [0.2, 0.25) is 5.02 Å². The van der Waals surface area contributed by atoms with Gasteiger partial charge < -0.3 is 15.0 Å². The highest BCUT2D eigenvalue weighted by molar-refractivity contribution is 6.38. The van der Waals surface area contributed by atoms with Crippen LogP contribution in [0.4, 0.5) is 0 Å². The number of halogens is 1. The second kappa shape index (κ2) is 7.62. The zero-order chi connectivity index (χ0) is 18.7. The molecular formula is C20H19ClN2O3. The lowest BCUT2D eigenvalue weighted by atomic mass is 10.1. The Balaban J connectivity index is 1.66. The number of hydrogen-bond acceptors (Lipinski definition) is 3. The van der Waals surface area contributed by atoms with E-state index in [9.17, 15) is 9.59 Å². The normalized spacial score (nSPS) is 13.2. The minimum absolute atomic E-state index is 0.142. The first-order chi connectivity index (χ1) is 12.5. The van der Waals surface area contributed by atoms with Gasteiger partial charge in [-0.25, -0.2) is 4.79 Å². The van der Waals surface area contributed by atoms with Crippen LogP contribution in [0, 0.1) is 0 Å². The molecule has 6 heteroatoms. The molecule has 0 spiro atoms. The number of H-pyrrole nitrogens is 1. The molecule has 2 N–H and O–H groups in total. The smallest absolute Gasteiger partial charge is 0.357 e. The summed E-state index contributed by atoms with van der Waals surface area (Å²) < 4.78 is 5.28. The van der Waals surface area contributed by atoms with Crippen LogP contribution in [0.3, 0.4) is 0 Å². The maximum Gasteiger partial charge on any atom is 0.357 e. The molecule has 2 unspecified atom stereocenters. The van der Waals surface area contributed by atoms with Crippen molar-refractivity contribution in [1.29, 1.82) is 0 Å². The molecular weight excluding hydrogens is 352 g/mol. The number of amides is 1. The Morgan fingerprint density at radius 3 is 2.38 bits per heavy atom. The molecule has 0 saturated heterocycles. The van der Waals surface area contributed by atoms with E-state index in [4.69, 9.17) is 16.3 Å². The third-order valence-electron chi connectivity index (χ3n) is 4.16.